The average molecular weight is 368 g/mol. The summed E-state index contributed by atoms with van der Waals surface area (Å²) in [7, 11) is 1.34. The Morgan fingerprint density at radius 1 is 1.28 bits per heavy atom. The molecule has 0 aliphatic heterocycles. The van der Waals surface area contributed by atoms with Crippen LogP contribution in [0.25, 0.3) is 6.08 Å². The summed E-state index contributed by atoms with van der Waals surface area (Å²) in [6.07, 6.45) is 2.60. The first kappa shape index (κ1) is 18.7. The van der Waals surface area contributed by atoms with Gasteiger partial charge < -0.3 is 14.8 Å². The average Bonchev–Trinajstić information content (AvgIpc) is 2.56. The van der Waals surface area contributed by atoms with Crippen LogP contribution < -0.4 is 14.8 Å². The largest absolute Gasteiger partial charge is 0.493 e. The highest BCUT2D eigenvalue weighted by molar-refractivity contribution is 6.30. The fraction of sp³-hybridized carbons (Fsp3) is 0.167. The summed E-state index contributed by atoms with van der Waals surface area (Å²) in [5.41, 5.74) is 1.70. The van der Waals surface area contributed by atoms with E-state index >= 15 is 0 Å². The van der Waals surface area contributed by atoms with Crippen molar-refractivity contribution in [1.29, 1.82) is 0 Å². The van der Waals surface area contributed by atoms with E-state index in [1.165, 1.54) is 31.4 Å². The Hall–Kier alpha value is -2.60. The lowest BCUT2D eigenvalue weighted by atomic mass is 10.1. The molecule has 0 unspecified atom stereocenters. The summed E-state index contributed by atoms with van der Waals surface area (Å²) < 4.78 is 34.7. The topological polar surface area (TPSA) is 47.6 Å². The Morgan fingerprint density at radius 3 is 2.68 bits per heavy atom. The van der Waals surface area contributed by atoms with Crippen LogP contribution in [-0.4, -0.2) is 19.6 Å². The third-order valence-corrected chi connectivity index (χ3v) is 3.53. The second-order valence-corrected chi connectivity index (χ2v) is 5.48. The van der Waals surface area contributed by atoms with Crippen molar-refractivity contribution in [3.8, 4) is 11.5 Å². The van der Waals surface area contributed by atoms with Crippen LogP contribution in [0.2, 0.25) is 5.02 Å². The predicted molar refractivity (Wildman–Crippen MR) is 93.5 cm³/mol. The predicted octanol–water partition coefficient (Wildman–Crippen LogP) is 4.91. The number of aryl methyl sites for hydroxylation is 1. The molecule has 0 saturated carbocycles. The number of carbonyl (C=O) groups is 1. The van der Waals surface area contributed by atoms with Crippen molar-refractivity contribution in [1.82, 2.24) is 0 Å². The molecule has 0 atom stereocenters. The number of carbonyl (C=O) groups excluding carboxylic acids is 1. The van der Waals surface area contributed by atoms with E-state index in [0.717, 1.165) is 5.56 Å². The Kier molecular flexibility index (Phi) is 6.36. The lowest BCUT2D eigenvalue weighted by Gasteiger charge is -2.12. The van der Waals surface area contributed by atoms with Crippen molar-refractivity contribution in [3.63, 3.8) is 0 Å². The molecule has 1 N–H and O–H groups in total. The SMILES string of the molecule is COc1cccc(/C=C/C(=O)Nc2ccc(Cl)cc2C)c1OC(F)F. The Bertz CT molecular complexity index is 794. The fourth-order valence-corrected chi connectivity index (χ4v) is 2.37. The maximum absolute atomic E-state index is 12.6. The van der Waals surface area contributed by atoms with Crippen LogP contribution in [0.15, 0.2) is 42.5 Å². The van der Waals surface area contributed by atoms with Crippen molar-refractivity contribution >= 4 is 29.3 Å². The van der Waals surface area contributed by atoms with Gasteiger partial charge in [-0.15, -0.1) is 0 Å². The minimum Gasteiger partial charge on any atom is -0.493 e. The van der Waals surface area contributed by atoms with Gasteiger partial charge >= 0.3 is 6.61 Å². The second kappa shape index (κ2) is 8.48. The van der Waals surface area contributed by atoms with Crippen LogP contribution in [0.1, 0.15) is 11.1 Å². The molecule has 2 rings (SSSR count). The van der Waals surface area contributed by atoms with Crippen molar-refractivity contribution in [2.75, 3.05) is 12.4 Å². The molecular formula is C18H16ClF2NO3. The third kappa shape index (κ3) is 5.19. The van der Waals surface area contributed by atoms with Gasteiger partial charge in [-0.05, 0) is 42.8 Å². The molecule has 7 heteroatoms. The number of alkyl halides is 2. The van der Waals surface area contributed by atoms with Gasteiger partial charge in [-0.2, -0.15) is 8.78 Å². The molecular weight excluding hydrogens is 352 g/mol. The van der Waals surface area contributed by atoms with Gasteiger partial charge in [-0.1, -0.05) is 23.7 Å². The van der Waals surface area contributed by atoms with Crippen LogP contribution in [-0.2, 0) is 4.79 Å². The Labute approximate surface area is 149 Å². The first-order valence-electron chi connectivity index (χ1n) is 7.27. The normalized spacial score (nSPS) is 11.0. The second-order valence-electron chi connectivity index (χ2n) is 5.04. The van der Waals surface area contributed by atoms with E-state index in [1.54, 1.807) is 24.3 Å². The van der Waals surface area contributed by atoms with Crippen LogP contribution in [0.4, 0.5) is 14.5 Å². The molecule has 0 saturated heterocycles. The van der Waals surface area contributed by atoms with E-state index < -0.39 is 12.5 Å². The molecule has 2 aromatic rings. The Morgan fingerprint density at radius 2 is 2.04 bits per heavy atom. The van der Waals surface area contributed by atoms with Crippen LogP contribution in [0.3, 0.4) is 0 Å². The fourth-order valence-electron chi connectivity index (χ4n) is 2.15. The summed E-state index contributed by atoms with van der Waals surface area (Å²) >= 11 is 5.87. The van der Waals surface area contributed by atoms with Gasteiger partial charge in [0.25, 0.3) is 0 Å². The van der Waals surface area contributed by atoms with Crippen LogP contribution in [0, 0.1) is 6.92 Å². The van der Waals surface area contributed by atoms with Crippen molar-refractivity contribution in [2.45, 2.75) is 13.5 Å². The molecule has 132 valence electrons. The lowest BCUT2D eigenvalue weighted by molar-refractivity contribution is -0.111. The van der Waals surface area contributed by atoms with E-state index in [-0.39, 0.29) is 11.5 Å². The van der Waals surface area contributed by atoms with Gasteiger partial charge in [0.05, 0.1) is 7.11 Å². The van der Waals surface area contributed by atoms with Crippen LogP contribution in [0.5, 0.6) is 11.5 Å². The number of benzene rings is 2. The van der Waals surface area contributed by atoms with E-state index in [9.17, 15) is 13.6 Å². The van der Waals surface area contributed by atoms with E-state index in [4.69, 9.17) is 16.3 Å². The van der Waals surface area contributed by atoms with E-state index in [1.807, 2.05) is 6.92 Å². The molecule has 0 spiro atoms. The molecule has 0 aliphatic carbocycles. The van der Waals surface area contributed by atoms with Crippen molar-refractivity contribution in [2.24, 2.45) is 0 Å². The quantitative estimate of drug-likeness (QED) is 0.738. The maximum Gasteiger partial charge on any atom is 0.387 e. The number of halogens is 3. The van der Waals surface area contributed by atoms with Gasteiger partial charge in [-0.25, -0.2) is 0 Å². The van der Waals surface area contributed by atoms with Gasteiger partial charge in [0.2, 0.25) is 5.91 Å². The van der Waals surface area contributed by atoms with E-state index in [2.05, 4.69) is 10.1 Å². The van der Waals surface area contributed by atoms with Crippen LogP contribution >= 0.6 is 11.6 Å². The van der Waals surface area contributed by atoms with Gasteiger partial charge in [0.15, 0.2) is 11.5 Å². The third-order valence-electron chi connectivity index (χ3n) is 3.30. The first-order chi connectivity index (χ1) is 11.9. The number of methoxy groups -OCH3 is 1. The van der Waals surface area contributed by atoms with Gasteiger partial charge in [0.1, 0.15) is 0 Å². The number of amides is 1. The molecule has 2 aromatic carbocycles. The monoisotopic (exact) mass is 367 g/mol. The van der Waals surface area contributed by atoms with E-state index in [0.29, 0.717) is 16.3 Å². The molecule has 1 amide bonds. The molecule has 25 heavy (non-hydrogen) atoms. The molecule has 0 aromatic heterocycles. The van der Waals surface area contributed by atoms with Crippen molar-refractivity contribution < 1.29 is 23.0 Å². The van der Waals surface area contributed by atoms with Gasteiger partial charge in [0, 0.05) is 22.3 Å². The smallest absolute Gasteiger partial charge is 0.387 e. The molecule has 0 aliphatic rings. The summed E-state index contributed by atoms with van der Waals surface area (Å²) in [6.45, 7) is -1.20. The number of ether oxygens (including phenoxy) is 2. The number of hydrogen-bond donors (Lipinski definition) is 1. The zero-order chi connectivity index (χ0) is 18.4. The minimum atomic E-state index is -3.01. The number of rotatable bonds is 6. The Balaban J connectivity index is 2.19. The zero-order valence-electron chi connectivity index (χ0n) is 13.6. The summed E-state index contributed by atoms with van der Waals surface area (Å²) in [5, 5.41) is 3.26. The highest BCUT2D eigenvalue weighted by atomic mass is 35.5. The molecule has 0 fully saturated rings. The summed E-state index contributed by atoms with van der Waals surface area (Å²) in [4.78, 5) is 12.1. The highest BCUT2D eigenvalue weighted by Gasteiger charge is 2.14. The molecule has 4 nitrogen and oxygen atoms in total. The van der Waals surface area contributed by atoms with Crippen molar-refractivity contribution in [3.05, 3.63) is 58.6 Å². The summed E-state index contributed by atoms with van der Waals surface area (Å²) in [6, 6.07) is 9.70. The standard InChI is InChI=1S/C18H16ClF2NO3/c1-11-10-13(19)7-8-14(11)22-16(23)9-6-12-4-3-5-15(24-2)17(12)25-18(20)21/h3-10,18H,1-2H3,(H,22,23)/b9-6+. The first-order valence-corrected chi connectivity index (χ1v) is 7.65. The summed E-state index contributed by atoms with van der Waals surface area (Å²) in [5.74, 6) is -0.403. The highest BCUT2D eigenvalue weighted by Crippen LogP contribution is 2.33. The molecule has 0 bridgehead atoms. The number of anilines is 1. The number of hydrogen-bond acceptors (Lipinski definition) is 3. The molecule has 0 radical (unpaired) electrons. The zero-order valence-corrected chi connectivity index (χ0v) is 14.3. The maximum atomic E-state index is 12.6. The molecule has 0 heterocycles. The number of para-hydroxylation sites is 1. The van der Waals surface area contributed by atoms with Gasteiger partial charge in [-0.3, -0.25) is 4.79 Å². The lowest BCUT2D eigenvalue weighted by Crippen LogP contribution is -2.09. The number of nitrogens with one attached hydrogen (secondary N) is 1. The minimum absolute atomic E-state index is 0.133.